The van der Waals surface area contributed by atoms with E-state index >= 15 is 0 Å². The molecule has 0 heterocycles. The number of hydrogen-bond acceptors (Lipinski definition) is 6. The van der Waals surface area contributed by atoms with Crippen LogP contribution in [0.2, 0.25) is 0 Å². The number of nitrogens with one attached hydrogen (secondary N) is 3. The van der Waals surface area contributed by atoms with E-state index in [1.807, 2.05) is 0 Å². The lowest BCUT2D eigenvalue weighted by molar-refractivity contribution is -0.384. The van der Waals surface area contributed by atoms with Crippen LogP contribution in [0.5, 0.6) is 0 Å². The fraction of sp³-hybridized carbons (Fsp3) is 0.111. The van der Waals surface area contributed by atoms with Crippen molar-refractivity contribution in [1.82, 2.24) is 5.43 Å². The molecule has 10 nitrogen and oxygen atoms in total. The maximum atomic E-state index is 12.0. The molecule has 0 bridgehead atoms. The van der Waals surface area contributed by atoms with Gasteiger partial charge in [-0.05, 0) is 25.1 Å². The Labute approximate surface area is 159 Å². The summed E-state index contributed by atoms with van der Waals surface area (Å²) in [5, 5.41) is 19.3. The normalized spacial score (nSPS) is 10.7. The Hall–Kier alpha value is -4.08. The molecule has 2 rings (SSSR count). The zero-order valence-corrected chi connectivity index (χ0v) is 14.8. The Morgan fingerprint density at radius 3 is 2.32 bits per heavy atom. The number of nitro groups is 1. The van der Waals surface area contributed by atoms with Gasteiger partial charge in [0, 0.05) is 29.2 Å². The van der Waals surface area contributed by atoms with E-state index in [0.717, 1.165) is 0 Å². The molecule has 10 heteroatoms. The molecule has 0 atom stereocenters. The summed E-state index contributed by atoms with van der Waals surface area (Å²) in [4.78, 5) is 45.6. The molecule has 0 radical (unpaired) electrons. The molecule has 0 aliphatic carbocycles. The summed E-state index contributed by atoms with van der Waals surface area (Å²) in [7, 11) is 0. The molecule has 3 amide bonds. The number of benzene rings is 2. The second kappa shape index (κ2) is 9.57. The van der Waals surface area contributed by atoms with E-state index < -0.39 is 22.6 Å². The number of amides is 3. The van der Waals surface area contributed by atoms with Crippen molar-refractivity contribution >= 4 is 40.5 Å². The largest absolute Gasteiger partial charge is 0.329 e. The van der Waals surface area contributed by atoms with Gasteiger partial charge in [0.1, 0.15) is 0 Å². The van der Waals surface area contributed by atoms with Crippen LogP contribution in [0.15, 0.2) is 59.7 Å². The zero-order chi connectivity index (χ0) is 20.5. The number of nitro benzene ring substituents is 1. The fourth-order valence-corrected chi connectivity index (χ4v) is 2.08. The highest BCUT2D eigenvalue weighted by molar-refractivity contribution is 6.39. The molecule has 0 unspecified atom stereocenters. The molecule has 0 saturated carbocycles. The fourth-order valence-electron chi connectivity index (χ4n) is 2.08. The summed E-state index contributed by atoms with van der Waals surface area (Å²) in [6.45, 7) is 1.49. The van der Waals surface area contributed by atoms with Crippen molar-refractivity contribution < 1.29 is 19.3 Å². The van der Waals surface area contributed by atoms with Gasteiger partial charge in [-0.1, -0.05) is 24.3 Å². The summed E-state index contributed by atoms with van der Waals surface area (Å²) in [6, 6.07) is 13.9. The minimum Gasteiger partial charge on any atom is -0.326 e. The number of nitrogens with zero attached hydrogens (tertiary/aromatic N) is 2. The molecule has 28 heavy (non-hydrogen) atoms. The van der Waals surface area contributed by atoms with Gasteiger partial charge in [0.25, 0.3) is 5.69 Å². The first kappa shape index (κ1) is 20.2. The molecule has 3 N–H and O–H groups in total. The molecular weight excluding hydrogens is 366 g/mol. The van der Waals surface area contributed by atoms with Crippen molar-refractivity contribution in [3.63, 3.8) is 0 Å². The topological polar surface area (TPSA) is 143 Å². The van der Waals surface area contributed by atoms with Crippen molar-refractivity contribution in [2.24, 2.45) is 5.10 Å². The third kappa shape index (κ3) is 6.33. The molecule has 0 aliphatic heterocycles. The number of carbonyl (C=O) groups is 3. The minimum absolute atomic E-state index is 0.153. The summed E-state index contributed by atoms with van der Waals surface area (Å²) in [5.74, 6) is -2.36. The van der Waals surface area contributed by atoms with Crippen molar-refractivity contribution in [2.45, 2.75) is 13.3 Å². The van der Waals surface area contributed by atoms with Crippen LogP contribution < -0.4 is 16.1 Å². The molecule has 2 aromatic rings. The quantitative estimate of drug-likeness (QED) is 0.303. The zero-order valence-electron chi connectivity index (χ0n) is 14.8. The summed E-state index contributed by atoms with van der Waals surface area (Å²) < 4.78 is 0. The van der Waals surface area contributed by atoms with Crippen molar-refractivity contribution in [2.75, 3.05) is 10.6 Å². The number of rotatable bonds is 6. The highest BCUT2D eigenvalue weighted by Gasteiger charge is 2.14. The molecule has 0 aliphatic rings. The van der Waals surface area contributed by atoms with Gasteiger partial charge in [-0.2, -0.15) is 5.10 Å². The molecule has 2 aromatic carbocycles. The molecule has 0 spiro atoms. The van der Waals surface area contributed by atoms with Gasteiger partial charge >= 0.3 is 11.8 Å². The van der Waals surface area contributed by atoms with Crippen molar-refractivity contribution in [3.05, 3.63) is 64.7 Å². The monoisotopic (exact) mass is 383 g/mol. The summed E-state index contributed by atoms with van der Waals surface area (Å²) in [5.41, 5.74) is 2.87. The number of hydrazone groups is 1. The molecule has 0 saturated heterocycles. The third-order valence-electron chi connectivity index (χ3n) is 3.34. The number of para-hydroxylation sites is 1. The van der Waals surface area contributed by atoms with Gasteiger partial charge in [0.2, 0.25) is 5.91 Å². The number of non-ortho nitro benzene ring substituents is 1. The lowest BCUT2D eigenvalue weighted by Crippen LogP contribution is -2.33. The molecule has 144 valence electrons. The highest BCUT2D eigenvalue weighted by atomic mass is 16.6. The van der Waals surface area contributed by atoms with Crippen LogP contribution in [-0.4, -0.2) is 28.4 Å². The second-order valence-corrected chi connectivity index (χ2v) is 5.64. The van der Waals surface area contributed by atoms with Gasteiger partial charge in [0.15, 0.2) is 0 Å². The van der Waals surface area contributed by atoms with Crippen LogP contribution in [0.1, 0.15) is 13.3 Å². The van der Waals surface area contributed by atoms with Gasteiger partial charge in [-0.3, -0.25) is 24.5 Å². The van der Waals surface area contributed by atoms with Crippen LogP contribution >= 0.6 is 0 Å². The smallest absolute Gasteiger partial charge is 0.326 e. The van der Waals surface area contributed by atoms with Crippen LogP contribution in [-0.2, 0) is 14.4 Å². The average Bonchev–Trinajstić information content (AvgIpc) is 2.66. The first-order chi connectivity index (χ1) is 13.3. The average molecular weight is 383 g/mol. The van der Waals surface area contributed by atoms with Crippen molar-refractivity contribution in [3.8, 4) is 0 Å². The first-order valence-corrected chi connectivity index (χ1v) is 8.09. The van der Waals surface area contributed by atoms with Crippen molar-refractivity contribution in [1.29, 1.82) is 0 Å². The lowest BCUT2D eigenvalue weighted by Gasteiger charge is -2.06. The standard InChI is InChI=1S/C18H17N5O5/c1-12(10-16(24)19-14-8-5-9-15(11-14)23(27)28)21-22-18(26)17(25)20-13-6-3-2-4-7-13/h2-9,11H,10H2,1H3,(H,19,24)(H,20,25)(H,22,26)/b21-12-. The first-order valence-electron chi connectivity index (χ1n) is 8.09. The van der Waals surface area contributed by atoms with Crippen LogP contribution in [0.25, 0.3) is 0 Å². The van der Waals surface area contributed by atoms with E-state index in [1.165, 1.54) is 31.2 Å². The van der Waals surface area contributed by atoms with Crippen LogP contribution in [0.3, 0.4) is 0 Å². The predicted molar refractivity (Wildman–Crippen MR) is 103 cm³/mol. The summed E-state index contributed by atoms with van der Waals surface area (Å²) in [6.07, 6.45) is -0.177. The Bertz CT molecular complexity index is 927. The predicted octanol–water partition coefficient (Wildman–Crippen LogP) is 2.05. The lowest BCUT2D eigenvalue weighted by atomic mass is 10.2. The molecule has 0 aromatic heterocycles. The van der Waals surface area contributed by atoms with E-state index in [-0.39, 0.29) is 23.5 Å². The van der Waals surface area contributed by atoms with Gasteiger partial charge in [-0.25, -0.2) is 5.43 Å². The maximum Gasteiger partial charge on any atom is 0.329 e. The Morgan fingerprint density at radius 2 is 1.64 bits per heavy atom. The van der Waals surface area contributed by atoms with E-state index in [1.54, 1.807) is 30.3 Å². The Morgan fingerprint density at radius 1 is 0.964 bits per heavy atom. The SMILES string of the molecule is C/C(CC(=O)Nc1cccc([N+](=O)[O-])c1)=N/NC(=O)C(=O)Nc1ccccc1. The van der Waals surface area contributed by atoms with Crippen LogP contribution in [0, 0.1) is 10.1 Å². The van der Waals surface area contributed by atoms with Crippen LogP contribution in [0.4, 0.5) is 17.1 Å². The summed E-state index contributed by atoms with van der Waals surface area (Å²) >= 11 is 0. The van der Waals surface area contributed by atoms with E-state index in [2.05, 4.69) is 21.2 Å². The minimum atomic E-state index is -0.984. The molecular formula is C18H17N5O5. The van der Waals surface area contributed by atoms with Gasteiger partial charge < -0.3 is 10.6 Å². The van der Waals surface area contributed by atoms with Gasteiger partial charge in [0.05, 0.1) is 11.3 Å². The third-order valence-corrected chi connectivity index (χ3v) is 3.34. The maximum absolute atomic E-state index is 12.0. The van der Waals surface area contributed by atoms with E-state index in [4.69, 9.17) is 0 Å². The second-order valence-electron chi connectivity index (χ2n) is 5.64. The number of anilines is 2. The van der Waals surface area contributed by atoms with Gasteiger partial charge in [-0.15, -0.1) is 0 Å². The molecule has 0 fully saturated rings. The van der Waals surface area contributed by atoms with E-state index in [9.17, 15) is 24.5 Å². The Kier molecular flexibility index (Phi) is 6.92. The number of hydrogen-bond donors (Lipinski definition) is 3. The highest BCUT2D eigenvalue weighted by Crippen LogP contribution is 2.17. The Balaban J connectivity index is 1.85. The number of carbonyl (C=O) groups excluding carboxylic acids is 3. The van der Waals surface area contributed by atoms with E-state index in [0.29, 0.717) is 5.69 Å².